The Labute approximate surface area is 180 Å². The summed E-state index contributed by atoms with van der Waals surface area (Å²) in [4.78, 5) is 37.9. The fourth-order valence-electron chi connectivity index (χ4n) is 3.62. The van der Waals surface area contributed by atoms with Crippen molar-refractivity contribution in [2.24, 2.45) is 0 Å². The van der Waals surface area contributed by atoms with Crippen LogP contribution < -0.4 is 4.74 Å². The first-order valence-electron chi connectivity index (χ1n) is 9.87. The summed E-state index contributed by atoms with van der Waals surface area (Å²) in [5.41, 5.74) is 0.815. The van der Waals surface area contributed by atoms with Crippen LogP contribution in [0.15, 0.2) is 17.2 Å². The van der Waals surface area contributed by atoms with Crippen LogP contribution in [0.4, 0.5) is 4.79 Å². The molecule has 0 saturated carbocycles. The molecule has 1 aliphatic heterocycles. The lowest BCUT2D eigenvalue weighted by Gasteiger charge is -2.21. The normalized spacial score (nSPS) is 15.0. The van der Waals surface area contributed by atoms with Crippen LogP contribution in [0.2, 0.25) is 0 Å². The summed E-state index contributed by atoms with van der Waals surface area (Å²) >= 11 is 0. The fourth-order valence-corrected chi connectivity index (χ4v) is 5.41. The molecule has 9 nitrogen and oxygen atoms in total. The highest BCUT2D eigenvalue weighted by Crippen LogP contribution is 2.34. The molecular formula is C21H24N2O7S. The highest BCUT2D eigenvalue weighted by atomic mass is 32.2. The van der Waals surface area contributed by atoms with Gasteiger partial charge in [-0.3, -0.25) is 9.59 Å². The van der Waals surface area contributed by atoms with Gasteiger partial charge in [0.05, 0.1) is 22.9 Å². The van der Waals surface area contributed by atoms with Crippen LogP contribution in [0, 0.1) is 13.8 Å². The summed E-state index contributed by atoms with van der Waals surface area (Å²) in [5.74, 6) is -1.18. The number of nitrogens with zero attached hydrogens (tertiary/aromatic N) is 2. The van der Waals surface area contributed by atoms with E-state index in [0.29, 0.717) is 12.1 Å². The highest BCUT2D eigenvalue weighted by molar-refractivity contribution is 7.91. The minimum Gasteiger partial charge on any atom is -0.431 e. The van der Waals surface area contributed by atoms with E-state index in [1.807, 2.05) is 0 Å². The van der Waals surface area contributed by atoms with Gasteiger partial charge in [0.25, 0.3) is 0 Å². The molecular weight excluding hydrogens is 424 g/mol. The van der Waals surface area contributed by atoms with Crippen LogP contribution in [-0.2, 0) is 21.1 Å². The van der Waals surface area contributed by atoms with Crippen molar-refractivity contribution < 1.29 is 32.3 Å². The molecule has 0 N–H and O–H groups in total. The van der Waals surface area contributed by atoms with Gasteiger partial charge in [-0.15, -0.1) is 0 Å². The van der Waals surface area contributed by atoms with Gasteiger partial charge in [-0.25, -0.2) is 17.9 Å². The number of rotatable bonds is 5. The molecule has 0 amide bonds. The third-order valence-electron chi connectivity index (χ3n) is 5.00. The maximum atomic E-state index is 13.4. The molecule has 1 aliphatic rings. The smallest absolute Gasteiger partial charge is 0.431 e. The van der Waals surface area contributed by atoms with Crippen LogP contribution in [0.1, 0.15) is 64.6 Å². The number of benzene rings is 1. The predicted molar refractivity (Wildman–Crippen MR) is 110 cm³/mol. The topological polar surface area (TPSA) is 122 Å². The number of fused-ring (bicyclic) bond motifs is 1. The summed E-state index contributed by atoms with van der Waals surface area (Å²) in [7, 11) is -3.61. The fraction of sp³-hybridized carbons (Fsp3) is 0.429. The van der Waals surface area contributed by atoms with Crippen molar-refractivity contribution in [3.05, 3.63) is 40.1 Å². The molecule has 1 aromatic carbocycles. The van der Waals surface area contributed by atoms with Gasteiger partial charge in [-0.05, 0) is 51.8 Å². The Morgan fingerprint density at radius 3 is 2.52 bits per heavy atom. The monoisotopic (exact) mass is 448 g/mol. The molecule has 0 radical (unpaired) electrons. The second-order valence-electron chi connectivity index (χ2n) is 7.59. The van der Waals surface area contributed by atoms with E-state index in [1.54, 1.807) is 34.6 Å². The van der Waals surface area contributed by atoms with E-state index in [1.165, 1.54) is 16.9 Å². The van der Waals surface area contributed by atoms with Crippen molar-refractivity contribution in [2.45, 2.75) is 58.6 Å². The van der Waals surface area contributed by atoms with Crippen molar-refractivity contribution in [1.82, 2.24) is 9.78 Å². The van der Waals surface area contributed by atoms with Gasteiger partial charge in [-0.1, -0.05) is 0 Å². The van der Waals surface area contributed by atoms with Crippen molar-refractivity contribution >= 4 is 27.6 Å². The Morgan fingerprint density at radius 1 is 1.23 bits per heavy atom. The first kappa shape index (κ1) is 22.7. The number of ether oxygens (including phenoxy) is 2. The number of hydrogen-bond donors (Lipinski definition) is 0. The number of aryl methyl sites for hydroxylation is 2. The molecule has 0 spiro atoms. The lowest BCUT2D eigenvalue weighted by Crippen LogP contribution is -2.25. The van der Waals surface area contributed by atoms with Gasteiger partial charge in [-0.2, -0.15) is 5.10 Å². The zero-order valence-electron chi connectivity index (χ0n) is 18.0. The maximum Gasteiger partial charge on any atom is 0.515 e. The minimum absolute atomic E-state index is 0.0103. The second kappa shape index (κ2) is 8.26. The first-order valence-corrected chi connectivity index (χ1v) is 11.5. The molecule has 0 fully saturated rings. The molecule has 1 aromatic heterocycles. The van der Waals surface area contributed by atoms with E-state index in [4.69, 9.17) is 9.47 Å². The number of sulfone groups is 1. The van der Waals surface area contributed by atoms with Gasteiger partial charge >= 0.3 is 6.16 Å². The minimum atomic E-state index is -3.61. The average molecular weight is 448 g/mol. The Balaban J connectivity index is 2.12. The molecule has 0 saturated heterocycles. The van der Waals surface area contributed by atoms with E-state index in [-0.39, 0.29) is 51.0 Å². The van der Waals surface area contributed by atoms with E-state index < -0.39 is 27.9 Å². The molecule has 31 heavy (non-hydrogen) atoms. The lowest BCUT2D eigenvalue weighted by molar-refractivity contribution is 0.0696. The molecule has 0 atom stereocenters. The van der Waals surface area contributed by atoms with Crippen molar-refractivity contribution in [2.75, 3.05) is 5.75 Å². The quantitative estimate of drug-likeness (QED) is 0.505. The Bertz CT molecular complexity index is 1190. The lowest BCUT2D eigenvalue weighted by atomic mass is 9.91. The molecule has 2 heterocycles. The largest absolute Gasteiger partial charge is 0.515 e. The number of aromatic nitrogens is 2. The molecule has 0 aliphatic carbocycles. The van der Waals surface area contributed by atoms with Crippen LogP contribution >= 0.6 is 0 Å². The average Bonchev–Trinajstić information content (AvgIpc) is 3.07. The standard InChI is InChI=1S/C21H24N2O7S/c1-6-23-20(30-21(26)29-11(2)3)15(10-22-23)18(25)14-9-12(4)19-17(13(14)5)16(24)7-8-31(19,27)28/h9-11H,6-8H2,1-5H3. The van der Waals surface area contributed by atoms with E-state index in [0.717, 1.165) is 0 Å². The zero-order valence-corrected chi connectivity index (χ0v) is 18.8. The number of carbonyl (C=O) groups excluding carboxylic acids is 3. The van der Waals surface area contributed by atoms with Crippen LogP contribution in [-0.4, -0.2) is 47.8 Å². The molecule has 3 rings (SSSR count). The summed E-state index contributed by atoms with van der Waals surface area (Å²) in [5, 5.41) is 4.09. The Hall–Kier alpha value is -3.01. The van der Waals surface area contributed by atoms with Crippen LogP contribution in [0.3, 0.4) is 0 Å². The van der Waals surface area contributed by atoms with E-state index in [9.17, 15) is 22.8 Å². The summed E-state index contributed by atoms with van der Waals surface area (Å²) in [6.07, 6.45) is -0.241. The first-order chi connectivity index (χ1) is 14.5. The molecule has 166 valence electrons. The Kier molecular flexibility index (Phi) is 6.04. The molecule has 0 unspecified atom stereocenters. The second-order valence-corrected chi connectivity index (χ2v) is 9.64. The highest BCUT2D eigenvalue weighted by Gasteiger charge is 2.35. The number of ketones is 2. The third-order valence-corrected chi connectivity index (χ3v) is 6.89. The van der Waals surface area contributed by atoms with Gasteiger partial charge in [0.2, 0.25) is 5.88 Å². The van der Waals surface area contributed by atoms with Gasteiger partial charge in [0, 0.05) is 24.1 Å². The van der Waals surface area contributed by atoms with Gasteiger partial charge in [0.15, 0.2) is 21.4 Å². The molecule has 2 aromatic rings. The summed E-state index contributed by atoms with van der Waals surface area (Å²) < 4.78 is 36.6. The number of carbonyl (C=O) groups is 3. The van der Waals surface area contributed by atoms with Crippen molar-refractivity contribution in [1.29, 1.82) is 0 Å². The maximum absolute atomic E-state index is 13.4. The molecule has 10 heteroatoms. The Morgan fingerprint density at radius 2 is 1.90 bits per heavy atom. The number of hydrogen-bond acceptors (Lipinski definition) is 8. The predicted octanol–water partition coefficient (Wildman–Crippen LogP) is 3.03. The van der Waals surface area contributed by atoms with Gasteiger partial charge in [0.1, 0.15) is 5.56 Å². The summed E-state index contributed by atoms with van der Waals surface area (Å²) in [6, 6.07) is 1.45. The zero-order chi connectivity index (χ0) is 23.1. The molecule has 0 bridgehead atoms. The van der Waals surface area contributed by atoms with Crippen molar-refractivity contribution in [3.8, 4) is 5.88 Å². The third kappa shape index (κ3) is 4.12. The van der Waals surface area contributed by atoms with Gasteiger partial charge < -0.3 is 9.47 Å². The van der Waals surface area contributed by atoms with Crippen LogP contribution in [0.5, 0.6) is 5.88 Å². The van der Waals surface area contributed by atoms with E-state index in [2.05, 4.69) is 5.10 Å². The number of Topliss-reactive ketones (excluding diaryl/α,β-unsaturated/α-hetero) is 1. The summed E-state index contributed by atoms with van der Waals surface area (Å²) in [6.45, 7) is 8.51. The SMILES string of the molecule is CCn1ncc(C(=O)c2cc(C)c3c(c2C)C(=O)CCS3(=O)=O)c1OC(=O)OC(C)C. The van der Waals surface area contributed by atoms with Crippen molar-refractivity contribution in [3.63, 3.8) is 0 Å². The van der Waals surface area contributed by atoms with E-state index >= 15 is 0 Å². The van der Waals surface area contributed by atoms with Crippen LogP contribution in [0.25, 0.3) is 0 Å².